The highest BCUT2D eigenvalue weighted by Crippen LogP contribution is 2.41. The van der Waals surface area contributed by atoms with E-state index in [-0.39, 0.29) is 23.1 Å². The topological polar surface area (TPSA) is 92.9 Å². The van der Waals surface area contributed by atoms with Crippen LogP contribution in [0.5, 0.6) is 5.75 Å². The molecule has 1 amide bonds. The smallest absolute Gasteiger partial charge is 0.339 e. The molecule has 0 saturated carbocycles. The Morgan fingerprint density at radius 3 is 2.86 bits per heavy atom. The average Bonchev–Trinajstić information content (AvgIpc) is 2.77. The number of amides is 1. The molecule has 1 aliphatic rings. The predicted molar refractivity (Wildman–Crippen MR) is 84.8 cm³/mol. The number of likely N-dealkylation sites (N-methyl/N-ethyl adjacent to an activating group) is 1. The van der Waals surface area contributed by atoms with Crippen LogP contribution in [0.1, 0.15) is 15.2 Å². The van der Waals surface area contributed by atoms with Crippen LogP contribution in [0.25, 0.3) is 11.1 Å². The predicted octanol–water partition coefficient (Wildman–Crippen LogP) is 2.36. The zero-order chi connectivity index (χ0) is 16.0. The first-order valence-electron chi connectivity index (χ1n) is 6.56. The maximum absolute atomic E-state index is 11.7. The van der Waals surface area contributed by atoms with Gasteiger partial charge in [-0.05, 0) is 24.6 Å². The molecule has 0 saturated heterocycles. The molecule has 0 spiro atoms. The van der Waals surface area contributed by atoms with Gasteiger partial charge in [-0.1, -0.05) is 6.07 Å². The summed E-state index contributed by atoms with van der Waals surface area (Å²) < 4.78 is 5.38. The van der Waals surface area contributed by atoms with Crippen molar-refractivity contribution in [1.82, 2.24) is 0 Å². The van der Waals surface area contributed by atoms with Crippen LogP contribution in [0.15, 0.2) is 18.2 Å². The lowest BCUT2D eigenvalue weighted by Crippen LogP contribution is -2.35. The lowest BCUT2D eigenvalue weighted by atomic mass is 10.00. The largest absolute Gasteiger partial charge is 0.482 e. The summed E-state index contributed by atoms with van der Waals surface area (Å²) >= 11 is 1.24. The van der Waals surface area contributed by atoms with E-state index in [0.717, 1.165) is 4.88 Å². The van der Waals surface area contributed by atoms with Crippen molar-refractivity contribution in [2.24, 2.45) is 0 Å². The summed E-state index contributed by atoms with van der Waals surface area (Å²) in [5, 5.41) is 9.67. The molecule has 0 atom stereocenters. The molecule has 0 radical (unpaired) electrons. The van der Waals surface area contributed by atoms with Crippen molar-refractivity contribution in [3.8, 4) is 16.9 Å². The number of benzene rings is 1. The minimum absolute atomic E-state index is 0.00759. The molecule has 114 valence electrons. The van der Waals surface area contributed by atoms with Gasteiger partial charge in [0.25, 0.3) is 5.91 Å². The molecule has 7 heteroatoms. The second-order valence-electron chi connectivity index (χ2n) is 5.00. The van der Waals surface area contributed by atoms with Gasteiger partial charge in [0.15, 0.2) is 6.61 Å². The van der Waals surface area contributed by atoms with Crippen LogP contribution >= 0.6 is 11.3 Å². The van der Waals surface area contributed by atoms with E-state index in [0.29, 0.717) is 22.6 Å². The summed E-state index contributed by atoms with van der Waals surface area (Å²) in [6.45, 7) is 1.83. The van der Waals surface area contributed by atoms with Gasteiger partial charge in [-0.25, -0.2) is 4.79 Å². The Balaban J connectivity index is 2.19. The number of nitrogens with zero attached hydrogens (tertiary/aromatic N) is 1. The third-order valence-electron chi connectivity index (χ3n) is 3.66. The number of rotatable bonds is 2. The Morgan fingerprint density at radius 2 is 2.18 bits per heavy atom. The SMILES string of the molecule is Cc1sc(N)c(C(=O)O)c1-c1ccc2c(c1)N(C)C(=O)CO2. The van der Waals surface area contributed by atoms with Crippen molar-refractivity contribution in [3.05, 3.63) is 28.6 Å². The molecule has 2 heterocycles. The summed E-state index contributed by atoms with van der Waals surface area (Å²) in [7, 11) is 1.67. The van der Waals surface area contributed by atoms with Gasteiger partial charge >= 0.3 is 5.97 Å². The second kappa shape index (κ2) is 5.03. The van der Waals surface area contributed by atoms with Crippen molar-refractivity contribution in [2.75, 3.05) is 24.3 Å². The molecular weight excluding hydrogens is 304 g/mol. The fourth-order valence-electron chi connectivity index (χ4n) is 2.55. The van der Waals surface area contributed by atoms with E-state index in [1.807, 2.05) is 6.92 Å². The molecule has 1 aromatic heterocycles. The minimum atomic E-state index is -1.06. The van der Waals surface area contributed by atoms with Gasteiger partial charge in [-0.15, -0.1) is 11.3 Å². The van der Waals surface area contributed by atoms with Crippen LogP contribution < -0.4 is 15.4 Å². The van der Waals surface area contributed by atoms with Gasteiger partial charge in [-0.2, -0.15) is 0 Å². The summed E-state index contributed by atoms with van der Waals surface area (Å²) in [6, 6.07) is 5.28. The average molecular weight is 318 g/mol. The molecule has 22 heavy (non-hydrogen) atoms. The minimum Gasteiger partial charge on any atom is -0.482 e. The van der Waals surface area contributed by atoms with Crippen LogP contribution in [0.3, 0.4) is 0 Å². The number of hydrogen-bond acceptors (Lipinski definition) is 5. The Bertz CT molecular complexity index is 797. The van der Waals surface area contributed by atoms with Gasteiger partial charge in [0, 0.05) is 17.5 Å². The van der Waals surface area contributed by atoms with Crippen molar-refractivity contribution in [3.63, 3.8) is 0 Å². The number of hydrogen-bond donors (Lipinski definition) is 2. The highest BCUT2D eigenvalue weighted by molar-refractivity contribution is 7.16. The molecule has 1 aliphatic heterocycles. The number of carboxylic acid groups (broad SMARTS) is 1. The number of carboxylic acids is 1. The number of carbonyl (C=O) groups is 2. The number of carbonyl (C=O) groups excluding carboxylic acids is 1. The summed E-state index contributed by atoms with van der Waals surface area (Å²) in [5.74, 6) is -0.608. The van der Waals surface area contributed by atoms with E-state index in [4.69, 9.17) is 10.5 Å². The van der Waals surface area contributed by atoms with Gasteiger partial charge in [0.1, 0.15) is 16.3 Å². The van der Waals surface area contributed by atoms with Crippen LogP contribution in [0.4, 0.5) is 10.7 Å². The van der Waals surface area contributed by atoms with E-state index in [2.05, 4.69) is 0 Å². The first-order valence-corrected chi connectivity index (χ1v) is 7.37. The number of aryl methyl sites for hydroxylation is 1. The van der Waals surface area contributed by atoms with E-state index in [1.165, 1.54) is 16.2 Å². The molecule has 0 bridgehead atoms. The van der Waals surface area contributed by atoms with Crippen molar-refractivity contribution < 1.29 is 19.4 Å². The van der Waals surface area contributed by atoms with Crippen molar-refractivity contribution >= 4 is 33.9 Å². The number of thiophene rings is 1. The van der Waals surface area contributed by atoms with E-state index in [9.17, 15) is 14.7 Å². The van der Waals surface area contributed by atoms with E-state index in [1.54, 1.807) is 25.2 Å². The number of ether oxygens (including phenoxy) is 1. The molecule has 1 aromatic carbocycles. The van der Waals surface area contributed by atoms with Crippen LogP contribution in [0, 0.1) is 6.92 Å². The van der Waals surface area contributed by atoms with Gasteiger partial charge < -0.3 is 20.5 Å². The number of aromatic carboxylic acids is 1. The Morgan fingerprint density at radius 1 is 1.45 bits per heavy atom. The van der Waals surface area contributed by atoms with Crippen LogP contribution in [-0.4, -0.2) is 30.6 Å². The number of anilines is 2. The summed E-state index contributed by atoms with van der Waals surface area (Å²) in [4.78, 5) is 25.5. The number of fused-ring (bicyclic) bond motifs is 1. The lowest BCUT2D eigenvalue weighted by Gasteiger charge is -2.26. The number of nitrogens with two attached hydrogens (primary N) is 1. The fraction of sp³-hybridized carbons (Fsp3) is 0.200. The van der Waals surface area contributed by atoms with Crippen LogP contribution in [-0.2, 0) is 4.79 Å². The van der Waals surface area contributed by atoms with E-state index >= 15 is 0 Å². The molecule has 0 aliphatic carbocycles. The van der Waals surface area contributed by atoms with Crippen molar-refractivity contribution in [2.45, 2.75) is 6.92 Å². The monoisotopic (exact) mass is 318 g/mol. The molecule has 3 rings (SSSR count). The van der Waals surface area contributed by atoms with Crippen LogP contribution in [0.2, 0.25) is 0 Å². The maximum atomic E-state index is 11.7. The number of nitrogen functional groups attached to an aromatic ring is 1. The third kappa shape index (κ3) is 2.10. The standard InChI is InChI=1S/C15H14N2O4S/c1-7-12(13(15(19)20)14(16)22-7)8-3-4-10-9(5-8)17(2)11(18)6-21-10/h3-5H,6,16H2,1-2H3,(H,19,20). The third-order valence-corrected chi connectivity index (χ3v) is 4.59. The highest BCUT2D eigenvalue weighted by atomic mass is 32.1. The maximum Gasteiger partial charge on any atom is 0.339 e. The first-order chi connectivity index (χ1) is 10.4. The Hall–Kier alpha value is -2.54. The molecular formula is C15H14N2O4S. The highest BCUT2D eigenvalue weighted by Gasteiger charge is 2.25. The first kappa shape index (κ1) is 14.4. The molecule has 2 aromatic rings. The van der Waals surface area contributed by atoms with Gasteiger partial charge in [-0.3, -0.25) is 4.79 Å². The summed E-state index contributed by atoms with van der Waals surface area (Å²) in [5.41, 5.74) is 7.83. The van der Waals surface area contributed by atoms with Gasteiger partial charge in [0.2, 0.25) is 0 Å². The Kier molecular flexibility index (Phi) is 3.29. The zero-order valence-electron chi connectivity index (χ0n) is 12.0. The van der Waals surface area contributed by atoms with Gasteiger partial charge in [0.05, 0.1) is 5.69 Å². The lowest BCUT2D eigenvalue weighted by molar-refractivity contribution is -0.120. The molecule has 0 fully saturated rings. The zero-order valence-corrected chi connectivity index (χ0v) is 12.9. The molecule has 0 unspecified atom stereocenters. The summed E-state index contributed by atoms with van der Waals surface area (Å²) in [6.07, 6.45) is 0. The fourth-order valence-corrected chi connectivity index (χ4v) is 3.50. The molecule has 3 N–H and O–H groups in total. The second-order valence-corrected chi connectivity index (χ2v) is 6.26. The van der Waals surface area contributed by atoms with E-state index < -0.39 is 5.97 Å². The van der Waals surface area contributed by atoms with Crippen molar-refractivity contribution in [1.29, 1.82) is 0 Å². The Labute approximate surface area is 130 Å². The molecule has 6 nitrogen and oxygen atoms in total. The quantitative estimate of drug-likeness (QED) is 0.886. The normalized spacial score (nSPS) is 13.7.